The van der Waals surface area contributed by atoms with E-state index in [9.17, 15) is 4.79 Å². The van der Waals surface area contributed by atoms with Crippen LogP contribution in [0.3, 0.4) is 0 Å². The number of carbonyl (C=O) groups is 1. The first-order valence-corrected chi connectivity index (χ1v) is 8.01. The van der Waals surface area contributed by atoms with E-state index in [2.05, 4.69) is 34.2 Å². The summed E-state index contributed by atoms with van der Waals surface area (Å²) < 4.78 is 5.42. The van der Waals surface area contributed by atoms with Crippen molar-refractivity contribution < 1.29 is 9.32 Å². The number of nitrogens with zero attached hydrogens (tertiary/aromatic N) is 3. The number of hydrogen-bond donors (Lipinski definition) is 1. The largest absolute Gasteiger partial charge is 0.332 e. The number of nitrogens with one attached hydrogen (secondary N) is 1. The molecule has 0 aliphatic heterocycles. The van der Waals surface area contributed by atoms with Gasteiger partial charge in [-0.15, -0.1) is 0 Å². The second-order valence-electron chi connectivity index (χ2n) is 7.03. The molecule has 1 N–H and O–H groups in total. The van der Waals surface area contributed by atoms with Crippen LogP contribution in [0.5, 0.6) is 0 Å². The Kier molecular flexibility index (Phi) is 3.33. The number of hydrogen-bond acceptors (Lipinski definition) is 5. The lowest BCUT2D eigenvalue weighted by Crippen LogP contribution is -2.21. The summed E-state index contributed by atoms with van der Waals surface area (Å²) in [4.78, 5) is 15.2. The zero-order chi connectivity index (χ0) is 16.7. The van der Waals surface area contributed by atoms with Crippen molar-refractivity contribution in [2.75, 3.05) is 0 Å². The summed E-state index contributed by atoms with van der Waals surface area (Å²) in [6, 6.07) is 7.08. The minimum absolute atomic E-state index is 0.289. The van der Waals surface area contributed by atoms with E-state index in [0.29, 0.717) is 17.3 Å². The third-order valence-electron chi connectivity index (χ3n) is 4.59. The Morgan fingerprint density at radius 1 is 1.25 bits per heavy atom. The summed E-state index contributed by atoms with van der Waals surface area (Å²) in [7, 11) is 0. The molecule has 0 spiro atoms. The molecule has 1 aromatic carbocycles. The number of H-pyrrole nitrogens is 1. The molecular formula is C18H18N4O2. The monoisotopic (exact) mass is 322 g/mol. The molecule has 0 radical (unpaired) electrons. The quantitative estimate of drug-likeness (QED) is 0.746. The highest BCUT2D eigenvalue weighted by Crippen LogP contribution is 2.37. The Balaban J connectivity index is 1.66. The van der Waals surface area contributed by atoms with Crippen molar-refractivity contribution in [3.8, 4) is 23.0 Å². The average molecular weight is 322 g/mol. The van der Waals surface area contributed by atoms with Gasteiger partial charge < -0.3 is 4.52 Å². The van der Waals surface area contributed by atoms with Crippen molar-refractivity contribution in [2.24, 2.45) is 5.41 Å². The first-order valence-electron chi connectivity index (χ1n) is 8.01. The first-order chi connectivity index (χ1) is 11.6. The van der Waals surface area contributed by atoms with Crippen LogP contribution in [0.25, 0.3) is 23.0 Å². The fraction of sp³-hybridized carbons (Fsp3) is 0.333. The molecule has 6 heteroatoms. The fourth-order valence-electron chi connectivity index (χ4n) is 3.17. The van der Waals surface area contributed by atoms with Crippen molar-refractivity contribution in [3.63, 3.8) is 0 Å². The van der Waals surface area contributed by atoms with Crippen LogP contribution in [-0.2, 0) is 12.8 Å². The van der Waals surface area contributed by atoms with Crippen molar-refractivity contribution in [2.45, 2.75) is 33.1 Å². The summed E-state index contributed by atoms with van der Waals surface area (Å²) in [5.74, 6) is 0.928. The van der Waals surface area contributed by atoms with Crippen LogP contribution < -0.4 is 0 Å². The minimum atomic E-state index is 0.289. The molecule has 0 saturated heterocycles. The Labute approximate surface area is 139 Å². The molecule has 0 amide bonds. The molecule has 1 aliphatic carbocycles. The number of rotatable bonds is 3. The number of fused-ring (bicyclic) bond motifs is 1. The Hall–Kier alpha value is -2.76. The molecule has 4 rings (SSSR count). The number of benzene rings is 1. The number of aromatic nitrogens is 4. The maximum absolute atomic E-state index is 10.7. The third-order valence-corrected chi connectivity index (χ3v) is 4.59. The molecule has 24 heavy (non-hydrogen) atoms. The van der Waals surface area contributed by atoms with Crippen molar-refractivity contribution in [1.29, 1.82) is 0 Å². The molecule has 2 aromatic heterocycles. The summed E-state index contributed by atoms with van der Waals surface area (Å²) in [5, 5.41) is 11.6. The Morgan fingerprint density at radius 3 is 2.79 bits per heavy atom. The summed E-state index contributed by atoms with van der Waals surface area (Å²) in [5.41, 5.74) is 4.81. The standard InChI is InChI=1S/C18H18N4O2/c1-18(2)8-7-13-14(9-18)20-21-15(13)17-19-16(22-24-17)12-5-3-11(10-23)4-6-12/h3-6,10H,7-9H2,1-2H3,(H,20,21). The molecule has 6 nitrogen and oxygen atoms in total. The lowest BCUT2D eigenvalue weighted by Gasteiger charge is -2.28. The van der Waals surface area contributed by atoms with Crippen LogP contribution in [0.1, 0.15) is 41.9 Å². The van der Waals surface area contributed by atoms with E-state index in [1.807, 2.05) is 0 Å². The van der Waals surface area contributed by atoms with Gasteiger partial charge in [0.2, 0.25) is 5.82 Å². The van der Waals surface area contributed by atoms with Crippen molar-refractivity contribution in [1.82, 2.24) is 20.3 Å². The topological polar surface area (TPSA) is 84.7 Å². The number of aromatic amines is 1. The molecule has 0 atom stereocenters. The average Bonchev–Trinajstić information content (AvgIpc) is 3.20. The van der Waals surface area contributed by atoms with Gasteiger partial charge in [0.15, 0.2) is 5.69 Å². The van der Waals surface area contributed by atoms with Gasteiger partial charge >= 0.3 is 0 Å². The normalized spacial score (nSPS) is 15.9. The second-order valence-corrected chi connectivity index (χ2v) is 7.03. The van der Waals surface area contributed by atoms with Crippen molar-refractivity contribution >= 4 is 6.29 Å². The van der Waals surface area contributed by atoms with E-state index in [4.69, 9.17) is 4.52 Å². The predicted octanol–water partition coefficient (Wildman–Crippen LogP) is 3.45. The van der Waals surface area contributed by atoms with Crippen LogP contribution >= 0.6 is 0 Å². The summed E-state index contributed by atoms with van der Waals surface area (Å²) >= 11 is 0. The zero-order valence-corrected chi connectivity index (χ0v) is 13.7. The third kappa shape index (κ3) is 2.54. The van der Waals surface area contributed by atoms with Crippen molar-refractivity contribution in [3.05, 3.63) is 41.1 Å². The van der Waals surface area contributed by atoms with E-state index in [0.717, 1.165) is 42.5 Å². The SMILES string of the molecule is CC1(C)CCc2c(-c3nc(-c4ccc(C=O)cc4)no3)n[nH]c2C1. The highest BCUT2D eigenvalue weighted by molar-refractivity contribution is 5.76. The first kappa shape index (κ1) is 14.8. The molecule has 122 valence electrons. The van der Waals surface area contributed by atoms with Gasteiger partial charge in [-0.3, -0.25) is 9.89 Å². The molecule has 0 fully saturated rings. The van der Waals surface area contributed by atoms with Crippen LogP contribution in [-0.4, -0.2) is 26.6 Å². The molecule has 1 aliphatic rings. The van der Waals surface area contributed by atoms with Crippen LogP contribution in [0, 0.1) is 5.41 Å². The molecule has 2 heterocycles. The zero-order valence-electron chi connectivity index (χ0n) is 13.7. The number of carbonyl (C=O) groups excluding carboxylic acids is 1. The van der Waals surface area contributed by atoms with Gasteiger partial charge in [0.05, 0.1) is 0 Å². The van der Waals surface area contributed by atoms with Gasteiger partial charge in [-0.05, 0) is 24.7 Å². The van der Waals surface area contributed by atoms with E-state index >= 15 is 0 Å². The van der Waals surface area contributed by atoms with Crippen LogP contribution in [0.2, 0.25) is 0 Å². The molecule has 3 aromatic rings. The van der Waals surface area contributed by atoms with Gasteiger partial charge in [-0.25, -0.2) is 0 Å². The van der Waals surface area contributed by atoms with Gasteiger partial charge in [0, 0.05) is 22.4 Å². The second kappa shape index (κ2) is 5.40. The predicted molar refractivity (Wildman–Crippen MR) is 88.5 cm³/mol. The van der Waals surface area contributed by atoms with Gasteiger partial charge in [0.25, 0.3) is 5.89 Å². The minimum Gasteiger partial charge on any atom is -0.332 e. The molecule has 0 saturated carbocycles. The Bertz CT molecular complexity index is 890. The highest BCUT2D eigenvalue weighted by atomic mass is 16.5. The Morgan fingerprint density at radius 2 is 2.04 bits per heavy atom. The van der Waals surface area contributed by atoms with E-state index in [-0.39, 0.29) is 5.41 Å². The maximum atomic E-state index is 10.7. The molecule has 0 unspecified atom stereocenters. The highest BCUT2D eigenvalue weighted by Gasteiger charge is 2.30. The van der Waals surface area contributed by atoms with Crippen LogP contribution in [0.4, 0.5) is 0 Å². The van der Waals surface area contributed by atoms with Gasteiger partial charge in [-0.2, -0.15) is 10.1 Å². The smallest absolute Gasteiger partial charge is 0.279 e. The van der Waals surface area contributed by atoms with Gasteiger partial charge in [0.1, 0.15) is 6.29 Å². The summed E-state index contributed by atoms with van der Waals surface area (Å²) in [6.45, 7) is 4.54. The lowest BCUT2D eigenvalue weighted by molar-refractivity contribution is 0.112. The van der Waals surface area contributed by atoms with E-state index in [1.165, 1.54) is 5.56 Å². The molecule has 0 bridgehead atoms. The number of aldehydes is 1. The van der Waals surface area contributed by atoms with E-state index < -0.39 is 0 Å². The van der Waals surface area contributed by atoms with Crippen LogP contribution in [0.15, 0.2) is 28.8 Å². The van der Waals surface area contributed by atoms with Gasteiger partial charge in [-0.1, -0.05) is 43.3 Å². The fourth-order valence-corrected chi connectivity index (χ4v) is 3.17. The lowest BCUT2D eigenvalue weighted by atomic mass is 9.76. The summed E-state index contributed by atoms with van der Waals surface area (Å²) in [6.07, 6.45) is 3.85. The maximum Gasteiger partial charge on any atom is 0.279 e. The molecular weight excluding hydrogens is 304 g/mol. The van der Waals surface area contributed by atoms with E-state index in [1.54, 1.807) is 24.3 Å².